The summed E-state index contributed by atoms with van der Waals surface area (Å²) in [6, 6.07) is 7.00. The van der Waals surface area contributed by atoms with Gasteiger partial charge in [-0.3, -0.25) is 19.8 Å². The van der Waals surface area contributed by atoms with Crippen molar-refractivity contribution in [1.29, 1.82) is 0 Å². The number of imide groups is 1. The number of amides is 2. The summed E-state index contributed by atoms with van der Waals surface area (Å²) in [6.45, 7) is 1.96. The van der Waals surface area contributed by atoms with Crippen molar-refractivity contribution >= 4 is 23.4 Å². The number of hydrogen-bond donors (Lipinski definition) is 1. The smallest absolute Gasteiger partial charge is 0.246 e. The highest BCUT2D eigenvalue weighted by Gasteiger charge is 2.36. The van der Waals surface area contributed by atoms with Gasteiger partial charge < -0.3 is 0 Å². The predicted molar refractivity (Wildman–Crippen MR) is 69.2 cm³/mol. The normalized spacial score (nSPS) is 21.5. The SMILES string of the molecule is CC(NC1CC(=O)N(C)C1=O)c1ccc(Cl)cc1. The van der Waals surface area contributed by atoms with Gasteiger partial charge in [0, 0.05) is 18.1 Å². The van der Waals surface area contributed by atoms with E-state index >= 15 is 0 Å². The van der Waals surface area contributed by atoms with Crippen LogP contribution in [0.25, 0.3) is 0 Å². The van der Waals surface area contributed by atoms with Crippen molar-refractivity contribution in [2.75, 3.05) is 7.05 Å². The lowest BCUT2D eigenvalue weighted by atomic mass is 10.1. The number of nitrogens with one attached hydrogen (secondary N) is 1. The van der Waals surface area contributed by atoms with Crippen LogP contribution in [0.15, 0.2) is 24.3 Å². The molecule has 0 spiro atoms. The summed E-state index contributed by atoms with van der Waals surface area (Å²) >= 11 is 5.82. The van der Waals surface area contributed by atoms with E-state index in [1.807, 2.05) is 31.2 Å². The van der Waals surface area contributed by atoms with Gasteiger partial charge in [-0.25, -0.2) is 0 Å². The van der Waals surface area contributed by atoms with Gasteiger partial charge in [0.2, 0.25) is 11.8 Å². The number of carbonyl (C=O) groups is 2. The summed E-state index contributed by atoms with van der Waals surface area (Å²) in [5, 5.41) is 3.85. The van der Waals surface area contributed by atoms with Gasteiger partial charge in [0.25, 0.3) is 0 Å². The highest BCUT2D eigenvalue weighted by Crippen LogP contribution is 2.19. The van der Waals surface area contributed by atoms with E-state index in [1.165, 1.54) is 11.9 Å². The molecular formula is C13H15ClN2O2. The van der Waals surface area contributed by atoms with Gasteiger partial charge in [0.15, 0.2) is 0 Å². The fraction of sp³-hybridized carbons (Fsp3) is 0.385. The van der Waals surface area contributed by atoms with Gasteiger partial charge >= 0.3 is 0 Å². The van der Waals surface area contributed by atoms with Crippen LogP contribution in [0.3, 0.4) is 0 Å². The molecule has 1 heterocycles. The van der Waals surface area contributed by atoms with Gasteiger partial charge in [-0.1, -0.05) is 23.7 Å². The molecule has 1 saturated heterocycles. The third kappa shape index (κ3) is 2.54. The zero-order valence-electron chi connectivity index (χ0n) is 10.3. The number of hydrogen-bond acceptors (Lipinski definition) is 3. The molecule has 1 N–H and O–H groups in total. The molecule has 4 nitrogen and oxygen atoms in total. The van der Waals surface area contributed by atoms with E-state index < -0.39 is 6.04 Å². The van der Waals surface area contributed by atoms with Gasteiger partial charge in [0.05, 0.1) is 12.5 Å². The van der Waals surface area contributed by atoms with Crippen LogP contribution in [0.5, 0.6) is 0 Å². The van der Waals surface area contributed by atoms with E-state index in [-0.39, 0.29) is 24.3 Å². The zero-order chi connectivity index (χ0) is 13.3. The van der Waals surface area contributed by atoms with Crippen molar-refractivity contribution in [3.8, 4) is 0 Å². The first-order valence-electron chi connectivity index (χ1n) is 5.81. The second-order valence-corrected chi connectivity index (χ2v) is 4.92. The molecule has 2 amide bonds. The van der Waals surface area contributed by atoms with Crippen LogP contribution in [0.2, 0.25) is 5.02 Å². The third-order valence-corrected chi connectivity index (χ3v) is 3.45. The molecule has 1 aromatic carbocycles. The maximum atomic E-state index is 11.8. The molecule has 5 heteroatoms. The Morgan fingerprint density at radius 1 is 1.33 bits per heavy atom. The standard InChI is InChI=1S/C13H15ClN2O2/c1-8(9-3-5-10(14)6-4-9)15-11-7-12(17)16(2)13(11)18/h3-6,8,11,15H,7H2,1-2H3. The van der Waals surface area contributed by atoms with Crippen LogP contribution in [-0.4, -0.2) is 29.8 Å². The summed E-state index contributed by atoms with van der Waals surface area (Å²) in [4.78, 5) is 24.3. The molecule has 0 aromatic heterocycles. The summed E-state index contributed by atoms with van der Waals surface area (Å²) < 4.78 is 0. The van der Waals surface area contributed by atoms with Gasteiger partial charge in [-0.2, -0.15) is 0 Å². The van der Waals surface area contributed by atoms with Crippen LogP contribution in [-0.2, 0) is 9.59 Å². The van der Waals surface area contributed by atoms with Crippen molar-refractivity contribution in [3.63, 3.8) is 0 Å². The van der Waals surface area contributed by atoms with Crippen LogP contribution < -0.4 is 5.32 Å². The van der Waals surface area contributed by atoms with Crippen LogP contribution >= 0.6 is 11.6 Å². The van der Waals surface area contributed by atoms with Crippen molar-refractivity contribution in [1.82, 2.24) is 10.2 Å². The minimum absolute atomic E-state index is 0.00415. The number of likely N-dealkylation sites (N-methyl/N-ethyl adjacent to an activating group) is 1. The van der Waals surface area contributed by atoms with E-state index in [4.69, 9.17) is 11.6 Å². The maximum absolute atomic E-state index is 11.8. The fourth-order valence-corrected chi connectivity index (χ4v) is 2.16. The Morgan fingerprint density at radius 2 is 1.94 bits per heavy atom. The molecule has 96 valence electrons. The second kappa shape index (κ2) is 5.08. The summed E-state index contributed by atoms with van der Waals surface area (Å²) in [6.07, 6.45) is 0.229. The average molecular weight is 267 g/mol. The summed E-state index contributed by atoms with van der Waals surface area (Å²) in [7, 11) is 1.51. The Balaban J connectivity index is 2.04. The first-order valence-corrected chi connectivity index (χ1v) is 6.18. The maximum Gasteiger partial charge on any atom is 0.246 e. The molecular weight excluding hydrogens is 252 g/mol. The van der Waals surface area contributed by atoms with Gasteiger partial charge in [-0.15, -0.1) is 0 Å². The number of rotatable bonds is 3. The van der Waals surface area contributed by atoms with Gasteiger partial charge in [0.1, 0.15) is 0 Å². The van der Waals surface area contributed by atoms with Gasteiger partial charge in [-0.05, 0) is 24.6 Å². The predicted octanol–water partition coefficient (Wildman–Crippen LogP) is 1.75. The summed E-state index contributed by atoms with van der Waals surface area (Å²) in [5.41, 5.74) is 1.04. The molecule has 0 saturated carbocycles. The Kier molecular flexibility index (Phi) is 3.68. The van der Waals surface area contributed by atoms with Crippen LogP contribution in [0.4, 0.5) is 0 Å². The van der Waals surface area contributed by atoms with Crippen LogP contribution in [0.1, 0.15) is 24.9 Å². The number of benzene rings is 1. The molecule has 1 aromatic rings. The fourth-order valence-electron chi connectivity index (χ4n) is 2.04. The lowest BCUT2D eigenvalue weighted by Crippen LogP contribution is -2.38. The number of nitrogens with zero attached hydrogens (tertiary/aromatic N) is 1. The molecule has 0 aliphatic carbocycles. The van der Waals surface area contributed by atoms with Crippen molar-refractivity contribution in [2.45, 2.75) is 25.4 Å². The van der Waals surface area contributed by atoms with E-state index in [2.05, 4.69) is 5.32 Å². The van der Waals surface area contributed by atoms with Crippen molar-refractivity contribution < 1.29 is 9.59 Å². The number of halogens is 1. The van der Waals surface area contributed by atoms with E-state index in [0.29, 0.717) is 5.02 Å². The number of carbonyl (C=O) groups excluding carboxylic acids is 2. The zero-order valence-corrected chi connectivity index (χ0v) is 11.1. The van der Waals surface area contributed by atoms with E-state index in [9.17, 15) is 9.59 Å². The Hall–Kier alpha value is -1.39. The second-order valence-electron chi connectivity index (χ2n) is 4.49. The van der Waals surface area contributed by atoms with E-state index in [1.54, 1.807) is 0 Å². The quantitative estimate of drug-likeness (QED) is 0.848. The molecule has 0 bridgehead atoms. The minimum Gasteiger partial charge on any atom is -0.299 e. The highest BCUT2D eigenvalue weighted by molar-refractivity contribution is 6.30. The minimum atomic E-state index is -0.423. The lowest BCUT2D eigenvalue weighted by Gasteiger charge is -2.18. The Bertz CT molecular complexity index is 472. The Morgan fingerprint density at radius 3 is 2.44 bits per heavy atom. The molecule has 18 heavy (non-hydrogen) atoms. The Labute approximate surface area is 111 Å². The van der Waals surface area contributed by atoms with Crippen molar-refractivity contribution in [2.24, 2.45) is 0 Å². The molecule has 1 aliphatic heterocycles. The largest absolute Gasteiger partial charge is 0.299 e. The van der Waals surface area contributed by atoms with Crippen molar-refractivity contribution in [3.05, 3.63) is 34.9 Å². The van der Waals surface area contributed by atoms with Crippen LogP contribution in [0, 0.1) is 0 Å². The molecule has 2 unspecified atom stereocenters. The first-order chi connectivity index (χ1) is 8.49. The molecule has 2 atom stereocenters. The molecule has 2 rings (SSSR count). The highest BCUT2D eigenvalue weighted by atomic mass is 35.5. The average Bonchev–Trinajstić information content (AvgIpc) is 2.58. The topological polar surface area (TPSA) is 49.4 Å². The summed E-state index contributed by atoms with van der Waals surface area (Å²) in [5.74, 6) is -0.304. The van der Waals surface area contributed by atoms with E-state index in [0.717, 1.165) is 5.56 Å². The molecule has 1 aliphatic rings. The third-order valence-electron chi connectivity index (χ3n) is 3.20. The lowest BCUT2D eigenvalue weighted by molar-refractivity contribution is -0.137. The first kappa shape index (κ1) is 13.1. The monoisotopic (exact) mass is 266 g/mol. The molecule has 1 fully saturated rings. The molecule has 0 radical (unpaired) electrons. The number of likely N-dealkylation sites (tertiary alicyclic amines) is 1.